The molecule has 0 unspecified atom stereocenters. The van der Waals surface area contributed by atoms with E-state index in [-0.39, 0.29) is 0 Å². The van der Waals surface area contributed by atoms with Gasteiger partial charge in [-0.2, -0.15) is 0 Å². The van der Waals surface area contributed by atoms with Gasteiger partial charge in [-0.3, -0.25) is 0 Å². The molecule has 0 rings (SSSR count). The Morgan fingerprint density at radius 1 is 1.33 bits per heavy atom. The lowest BCUT2D eigenvalue weighted by Gasteiger charge is -1.96. The van der Waals surface area contributed by atoms with Gasteiger partial charge in [-0.25, -0.2) is 0 Å². The molecule has 0 aromatic heterocycles. The molecule has 0 aromatic rings. The Bertz CT molecular complexity index is 86.9. The maximum atomic E-state index is 4.88. The van der Waals surface area contributed by atoms with E-state index in [1.165, 1.54) is 5.57 Å². The second-order valence-corrected chi connectivity index (χ2v) is 1.94. The minimum Gasteiger partial charge on any atom is -0.381 e. The van der Waals surface area contributed by atoms with Gasteiger partial charge in [-0.05, 0) is 12.5 Å². The Morgan fingerprint density at radius 2 is 2.00 bits per heavy atom. The van der Waals surface area contributed by atoms with Gasteiger partial charge >= 0.3 is 0 Å². The molecule has 0 amide bonds. The molecule has 0 atom stereocenters. The molecule has 0 aliphatic carbocycles. The average molecular weight is 130 g/mol. The van der Waals surface area contributed by atoms with Crippen LogP contribution in [0.3, 0.4) is 0 Å². The summed E-state index contributed by atoms with van der Waals surface area (Å²) in [6.07, 6.45) is 2.00. The van der Waals surface area contributed by atoms with Crippen molar-refractivity contribution in [3.8, 4) is 0 Å². The largest absolute Gasteiger partial charge is 0.381 e. The molecule has 0 N–H and O–H groups in total. The van der Waals surface area contributed by atoms with Gasteiger partial charge in [0.2, 0.25) is 0 Å². The Kier molecular flexibility index (Phi) is 5.57. The highest BCUT2D eigenvalue weighted by Gasteiger charge is 1.84. The normalized spacial score (nSPS) is 12.1. The van der Waals surface area contributed by atoms with Gasteiger partial charge in [-0.1, -0.05) is 6.08 Å². The van der Waals surface area contributed by atoms with E-state index >= 15 is 0 Å². The second kappa shape index (κ2) is 5.79. The minimum atomic E-state index is 0.676. The smallest absolute Gasteiger partial charge is 0.0671 e. The summed E-state index contributed by atoms with van der Waals surface area (Å²) in [4.78, 5) is 0. The highest BCUT2D eigenvalue weighted by atomic mass is 16.5. The van der Waals surface area contributed by atoms with E-state index in [2.05, 4.69) is 0 Å². The summed E-state index contributed by atoms with van der Waals surface area (Å²) in [7, 11) is 3.36. The molecule has 0 aromatic carbocycles. The van der Waals surface area contributed by atoms with Gasteiger partial charge in [0.15, 0.2) is 0 Å². The van der Waals surface area contributed by atoms with E-state index in [4.69, 9.17) is 9.47 Å². The predicted molar refractivity (Wildman–Crippen MR) is 37.5 cm³/mol. The molecule has 2 heteroatoms. The summed E-state index contributed by atoms with van der Waals surface area (Å²) in [6, 6.07) is 0. The number of hydrogen-bond donors (Lipinski definition) is 0. The molecular formula is C7H14O2. The lowest BCUT2D eigenvalue weighted by atomic mass is 10.3. The maximum absolute atomic E-state index is 4.88. The Hall–Kier alpha value is -0.340. The lowest BCUT2D eigenvalue weighted by Crippen LogP contribution is -1.92. The molecule has 0 saturated heterocycles. The van der Waals surface area contributed by atoms with Crippen molar-refractivity contribution in [1.82, 2.24) is 0 Å². The Labute approximate surface area is 56.5 Å². The Morgan fingerprint density at radius 3 is 2.44 bits per heavy atom. The van der Waals surface area contributed by atoms with Crippen molar-refractivity contribution in [3.05, 3.63) is 11.6 Å². The summed E-state index contributed by atoms with van der Waals surface area (Å²) in [5.41, 5.74) is 1.21. The van der Waals surface area contributed by atoms with Crippen LogP contribution in [0.4, 0.5) is 0 Å². The summed E-state index contributed by atoms with van der Waals surface area (Å²) in [5, 5.41) is 0. The first-order chi connectivity index (χ1) is 4.31. The molecule has 0 saturated carbocycles. The summed E-state index contributed by atoms with van der Waals surface area (Å²) >= 11 is 0. The van der Waals surface area contributed by atoms with Crippen molar-refractivity contribution in [1.29, 1.82) is 0 Å². The van der Waals surface area contributed by atoms with Crippen LogP contribution < -0.4 is 0 Å². The molecule has 0 spiro atoms. The molecule has 0 fully saturated rings. The van der Waals surface area contributed by atoms with Gasteiger partial charge in [-0.15, -0.1) is 0 Å². The van der Waals surface area contributed by atoms with E-state index in [9.17, 15) is 0 Å². The van der Waals surface area contributed by atoms with Crippen LogP contribution in [0, 0.1) is 0 Å². The highest BCUT2D eigenvalue weighted by Crippen LogP contribution is 1.90. The maximum Gasteiger partial charge on any atom is 0.0671 e. The third kappa shape index (κ3) is 5.53. The standard InChI is InChI=1S/C7H14O2/c1-7(6-9-3)4-5-8-2/h4H,5-6H2,1-3H3. The van der Waals surface area contributed by atoms with Crippen molar-refractivity contribution >= 4 is 0 Å². The van der Waals surface area contributed by atoms with Gasteiger partial charge < -0.3 is 9.47 Å². The van der Waals surface area contributed by atoms with E-state index < -0.39 is 0 Å². The zero-order chi connectivity index (χ0) is 7.11. The quantitative estimate of drug-likeness (QED) is 0.533. The van der Waals surface area contributed by atoms with Crippen molar-refractivity contribution in [2.24, 2.45) is 0 Å². The number of hydrogen-bond acceptors (Lipinski definition) is 2. The summed E-state index contributed by atoms with van der Waals surface area (Å²) in [6.45, 7) is 3.39. The van der Waals surface area contributed by atoms with Crippen molar-refractivity contribution in [3.63, 3.8) is 0 Å². The van der Waals surface area contributed by atoms with E-state index in [0.29, 0.717) is 13.2 Å². The van der Waals surface area contributed by atoms with Crippen molar-refractivity contribution in [2.45, 2.75) is 6.92 Å². The predicted octanol–water partition coefficient (Wildman–Crippen LogP) is 1.23. The van der Waals surface area contributed by atoms with Crippen LogP contribution >= 0.6 is 0 Å². The monoisotopic (exact) mass is 130 g/mol. The fourth-order valence-electron chi connectivity index (χ4n) is 0.512. The van der Waals surface area contributed by atoms with Crippen LogP contribution in [-0.4, -0.2) is 27.4 Å². The van der Waals surface area contributed by atoms with Crippen LogP contribution in [0.25, 0.3) is 0 Å². The molecule has 0 bridgehead atoms. The number of rotatable bonds is 4. The van der Waals surface area contributed by atoms with Crippen LogP contribution in [0.2, 0.25) is 0 Å². The summed E-state index contributed by atoms with van der Waals surface area (Å²) < 4.78 is 9.70. The van der Waals surface area contributed by atoms with Crippen molar-refractivity contribution < 1.29 is 9.47 Å². The second-order valence-electron chi connectivity index (χ2n) is 1.94. The van der Waals surface area contributed by atoms with Crippen molar-refractivity contribution in [2.75, 3.05) is 27.4 Å². The highest BCUT2D eigenvalue weighted by molar-refractivity contribution is 4.97. The van der Waals surface area contributed by atoms with Gasteiger partial charge in [0, 0.05) is 14.2 Å². The fraction of sp³-hybridized carbons (Fsp3) is 0.714. The van der Waals surface area contributed by atoms with Gasteiger partial charge in [0.05, 0.1) is 13.2 Å². The zero-order valence-electron chi connectivity index (χ0n) is 6.31. The van der Waals surface area contributed by atoms with Crippen LogP contribution in [-0.2, 0) is 9.47 Å². The third-order valence-electron chi connectivity index (χ3n) is 0.970. The molecule has 9 heavy (non-hydrogen) atoms. The molecule has 0 heterocycles. The van der Waals surface area contributed by atoms with Crippen LogP contribution in [0.15, 0.2) is 11.6 Å². The fourth-order valence-corrected chi connectivity index (χ4v) is 0.512. The first-order valence-corrected chi connectivity index (χ1v) is 2.94. The van der Waals surface area contributed by atoms with Crippen LogP contribution in [0.5, 0.6) is 0 Å². The average Bonchev–Trinajstić information content (AvgIpc) is 1.85. The third-order valence-corrected chi connectivity index (χ3v) is 0.970. The lowest BCUT2D eigenvalue weighted by molar-refractivity contribution is 0.217. The zero-order valence-corrected chi connectivity index (χ0v) is 6.31. The Balaban J connectivity index is 3.30. The minimum absolute atomic E-state index is 0.676. The molecule has 0 radical (unpaired) electrons. The van der Waals surface area contributed by atoms with Crippen LogP contribution in [0.1, 0.15) is 6.92 Å². The molecule has 0 aliphatic rings. The van der Waals surface area contributed by atoms with E-state index in [0.717, 1.165) is 0 Å². The molecular weight excluding hydrogens is 116 g/mol. The van der Waals surface area contributed by atoms with Gasteiger partial charge in [0.25, 0.3) is 0 Å². The van der Waals surface area contributed by atoms with E-state index in [1.54, 1.807) is 14.2 Å². The molecule has 0 aliphatic heterocycles. The number of ether oxygens (including phenoxy) is 2. The van der Waals surface area contributed by atoms with E-state index in [1.807, 2.05) is 13.0 Å². The van der Waals surface area contributed by atoms with Gasteiger partial charge in [0.1, 0.15) is 0 Å². The summed E-state index contributed by atoms with van der Waals surface area (Å²) in [5.74, 6) is 0. The first kappa shape index (κ1) is 8.66. The first-order valence-electron chi connectivity index (χ1n) is 2.94. The molecule has 54 valence electrons. The topological polar surface area (TPSA) is 18.5 Å². The SMILES string of the molecule is COCC=C(C)COC. The number of methoxy groups -OCH3 is 2. The molecule has 2 nitrogen and oxygen atoms in total.